The Labute approximate surface area is 113 Å². The summed E-state index contributed by atoms with van der Waals surface area (Å²) in [6, 6.07) is 6.45. The summed E-state index contributed by atoms with van der Waals surface area (Å²) < 4.78 is 0. The van der Waals surface area contributed by atoms with Crippen molar-refractivity contribution in [3.05, 3.63) is 23.8 Å². The van der Waals surface area contributed by atoms with Gasteiger partial charge in [-0.3, -0.25) is 4.79 Å². The predicted molar refractivity (Wildman–Crippen MR) is 75.1 cm³/mol. The third-order valence-corrected chi connectivity index (χ3v) is 4.38. The summed E-state index contributed by atoms with van der Waals surface area (Å²) in [6.45, 7) is 1.17. The van der Waals surface area contributed by atoms with E-state index in [0.717, 1.165) is 17.2 Å². The molecule has 0 bridgehead atoms. The zero-order chi connectivity index (χ0) is 13.0. The molecule has 1 amide bonds. The van der Waals surface area contributed by atoms with Crippen molar-refractivity contribution in [3.63, 3.8) is 0 Å². The van der Waals surface area contributed by atoms with Gasteiger partial charge in [-0.1, -0.05) is 6.07 Å². The normalized spacial score (nSPS) is 25.1. The van der Waals surface area contributed by atoms with Crippen LogP contribution in [-0.4, -0.2) is 18.5 Å². The maximum Gasteiger partial charge on any atom is 0.245 e. The van der Waals surface area contributed by atoms with Crippen LogP contribution in [0, 0.1) is 5.92 Å². The lowest BCUT2D eigenvalue weighted by Crippen LogP contribution is -2.28. The summed E-state index contributed by atoms with van der Waals surface area (Å²) in [7, 11) is 0. The molecule has 1 atom stereocenters. The van der Waals surface area contributed by atoms with E-state index in [0.29, 0.717) is 6.04 Å². The fourth-order valence-corrected chi connectivity index (χ4v) is 2.88. The smallest absolute Gasteiger partial charge is 0.245 e. The topological polar surface area (TPSA) is 58.4 Å². The van der Waals surface area contributed by atoms with Gasteiger partial charge >= 0.3 is 0 Å². The molecule has 3 N–H and O–H groups in total. The van der Waals surface area contributed by atoms with Crippen LogP contribution < -0.4 is 16.0 Å². The van der Waals surface area contributed by atoms with Crippen LogP contribution in [0.1, 0.15) is 37.3 Å². The van der Waals surface area contributed by atoms with E-state index in [2.05, 4.69) is 22.3 Å². The Balaban J connectivity index is 1.63. The summed E-state index contributed by atoms with van der Waals surface area (Å²) in [6.07, 6.45) is 5.34. The number of carbonyl (C=O) groups is 1. The Morgan fingerprint density at radius 3 is 2.74 bits per heavy atom. The van der Waals surface area contributed by atoms with Gasteiger partial charge in [0.15, 0.2) is 0 Å². The van der Waals surface area contributed by atoms with Gasteiger partial charge in [0.1, 0.15) is 6.04 Å². The molecule has 4 rings (SSSR count). The molecule has 0 aromatic heterocycles. The third kappa shape index (κ3) is 2.00. The van der Waals surface area contributed by atoms with E-state index in [-0.39, 0.29) is 5.91 Å². The minimum Gasteiger partial charge on any atom is -0.368 e. The monoisotopic (exact) mass is 257 g/mol. The number of anilines is 2. The largest absolute Gasteiger partial charge is 0.368 e. The summed E-state index contributed by atoms with van der Waals surface area (Å²) in [5, 5.41) is 2.88. The van der Waals surface area contributed by atoms with Crippen molar-refractivity contribution >= 4 is 17.3 Å². The molecule has 0 saturated heterocycles. The fourth-order valence-electron chi connectivity index (χ4n) is 2.88. The Morgan fingerprint density at radius 2 is 2.05 bits per heavy atom. The molecule has 2 saturated carbocycles. The van der Waals surface area contributed by atoms with Gasteiger partial charge in [0.25, 0.3) is 0 Å². The molecule has 1 unspecified atom stereocenters. The Kier molecular flexibility index (Phi) is 2.36. The number of amides is 1. The van der Waals surface area contributed by atoms with Crippen molar-refractivity contribution in [2.75, 3.05) is 16.8 Å². The van der Waals surface area contributed by atoms with Crippen molar-refractivity contribution in [2.24, 2.45) is 11.7 Å². The van der Waals surface area contributed by atoms with Gasteiger partial charge in [0.05, 0.1) is 0 Å². The molecule has 2 aliphatic carbocycles. The predicted octanol–water partition coefficient (Wildman–Crippen LogP) is 2.02. The number of nitrogens with one attached hydrogen (secondary N) is 1. The first-order valence-electron chi connectivity index (χ1n) is 7.19. The van der Waals surface area contributed by atoms with Gasteiger partial charge in [-0.25, -0.2) is 0 Å². The molecule has 0 radical (unpaired) electrons. The minimum atomic E-state index is -0.498. The number of fused-ring (bicyclic) bond motifs is 1. The average Bonchev–Trinajstić information content (AvgIpc) is 3.28. The molecule has 1 heterocycles. The zero-order valence-electron chi connectivity index (χ0n) is 10.9. The molecule has 3 aliphatic rings. The Hall–Kier alpha value is -1.55. The van der Waals surface area contributed by atoms with E-state index in [1.54, 1.807) is 0 Å². The lowest BCUT2D eigenvalue weighted by Gasteiger charge is -2.25. The molecular weight excluding hydrogens is 238 g/mol. The number of nitrogens with two attached hydrogens (primary N) is 1. The third-order valence-electron chi connectivity index (χ3n) is 4.38. The Morgan fingerprint density at radius 1 is 1.26 bits per heavy atom. The van der Waals surface area contributed by atoms with Crippen molar-refractivity contribution in [1.82, 2.24) is 0 Å². The molecule has 1 aromatic rings. The van der Waals surface area contributed by atoms with Gasteiger partial charge in [-0.05, 0) is 43.7 Å². The lowest BCUT2D eigenvalue weighted by molar-refractivity contribution is -0.116. The number of hydrogen-bond donors (Lipinski definition) is 2. The molecular formula is C15H19N3O. The number of nitrogens with zero attached hydrogens (tertiary/aromatic N) is 1. The van der Waals surface area contributed by atoms with Crippen LogP contribution in [0.4, 0.5) is 11.4 Å². The maximum atomic E-state index is 11.6. The second kappa shape index (κ2) is 3.97. The molecule has 4 nitrogen and oxygen atoms in total. The number of rotatable bonds is 4. The van der Waals surface area contributed by atoms with Gasteiger partial charge in [-0.2, -0.15) is 0 Å². The highest BCUT2D eigenvalue weighted by Gasteiger charge is 2.35. The van der Waals surface area contributed by atoms with E-state index < -0.39 is 6.04 Å². The first-order chi connectivity index (χ1) is 9.22. The van der Waals surface area contributed by atoms with Crippen molar-refractivity contribution in [3.8, 4) is 0 Å². The maximum absolute atomic E-state index is 11.6. The molecule has 4 heteroatoms. The van der Waals surface area contributed by atoms with Gasteiger partial charge in [0.2, 0.25) is 5.91 Å². The van der Waals surface area contributed by atoms with Gasteiger partial charge in [-0.15, -0.1) is 0 Å². The van der Waals surface area contributed by atoms with E-state index in [1.165, 1.54) is 37.9 Å². The van der Waals surface area contributed by atoms with Crippen molar-refractivity contribution in [1.29, 1.82) is 0 Å². The highest BCUT2D eigenvalue weighted by atomic mass is 16.2. The quantitative estimate of drug-likeness (QED) is 0.867. The van der Waals surface area contributed by atoms with Gasteiger partial charge in [0, 0.05) is 29.5 Å². The summed E-state index contributed by atoms with van der Waals surface area (Å²) in [5.74, 6) is 0.790. The average molecular weight is 257 g/mol. The van der Waals surface area contributed by atoms with Crippen LogP contribution in [0.3, 0.4) is 0 Å². The first kappa shape index (κ1) is 11.3. The number of benzene rings is 1. The summed E-state index contributed by atoms with van der Waals surface area (Å²) in [5.41, 5.74) is 8.92. The van der Waals surface area contributed by atoms with E-state index in [1.807, 2.05) is 6.07 Å². The first-order valence-corrected chi connectivity index (χ1v) is 7.19. The number of carbonyl (C=O) groups excluding carboxylic acids is 1. The highest BCUT2D eigenvalue weighted by molar-refractivity contribution is 6.03. The summed E-state index contributed by atoms with van der Waals surface area (Å²) in [4.78, 5) is 14.1. The SMILES string of the molecule is NC1C(=O)Nc2cc(N(CC3CC3)C3CC3)ccc21. The second-order valence-corrected chi connectivity index (χ2v) is 6.07. The van der Waals surface area contributed by atoms with E-state index in [9.17, 15) is 4.79 Å². The standard InChI is InChI=1S/C15H19N3O/c16-14-12-6-5-11(7-13(12)17-15(14)19)18(10-3-4-10)8-9-1-2-9/h5-7,9-10,14H,1-4,8,16H2,(H,17,19). The molecule has 0 spiro atoms. The molecule has 19 heavy (non-hydrogen) atoms. The lowest BCUT2D eigenvalue weighted by atomic mass is 10.1. The van der Waals surface area contributed by atoms with Crippen molar-refractivity contribution < 1.29 is 4.79 Å². The van der Waals surface area contributed by atoms with Crippen LogP contribution in [0.5, 0.6) is 0 Å². The molecule has 100 valence electrons. The second-order valence-electron chi connectivity index (χ2n) is 6.07. The minimum absolute atomic E-state index is 0.0904. The highest BCUT2D eigenvalue weighted by Crippen LogP contribution is 2.40. The summed E-state index contributed by atoms with van der Waals surface area (Å²) >= 11 is 0. The molecule has 2 fully saturated rings. The van der Waals surface area contributed by atoms with Crippen molar-refractivity contribution in [2.45, 2.75) is 37.8 Å². The van der Waals surface area contributed by atoms with E-state index in [4.69, 9.17) is 5.73 Å². The van der Waals surface area contributed by atoms with E-state index >= 15 is 0 Å². The molecule has 1 aliphatic heterocycles. The van der Waals surface area contributed by atoms with Crippen LogP contribution in [0.25, 0.3) is 0 Å². The number of hydrogen-bond acceptors (Lipinski definition) is 3. The van der Waals surface area contributed by atoms with Crippen LogP contribution in [0.2, 0.25) is 0 Å². The zero-order valence-corrected chi connectivity index (χ0v) is 10.9. The fraction of sp³-hybridized carbons (Fsp3) is 0.533. The van der Waals surface area contributed by atoms with Crippen LogP contribution in [-0.2, 0) is 4.79 Å². The Bertz CT molecular complexity index is 534. The van der Waals surface area contributed by atoms with Crippen LogP contribution >= 0.6 is 0 Å². The van der Waals surface area contributed by atoms with Crippen LogP contribution in [0.15, 0.2) is 18.2 Å². The van der Waals surface area contributed by atoms with Gasteiger partial charge < -0.3 is 16.0 Å². The molecule has 1 aromatic carbocycles.